The van der Waals surface area contributed by atoms with Crippen molar-refractivity contribution in [2.75, 3.05) is 32.1 Å². The Labute approximate surface area is 191 Å². The van der Waals surface area contributed by atoms with E-state index in [1.165, 1.54) is 17.3 Å². The fraction of sp³-hybridized carbons (Fsp3) is 0.375. The average Bonchev–Trinajstić information content (AvgIpc) is 3.46. The van der Waals surface area contributed by atoms with E-state index in [-0.39, 0.29) is 5.91 Å². The lowest BCUT2D eigenvalue weighted by Crippen LogP contribution is -2.47. The molecule has 2 fully saturated rings. The first-order valence-corrected chi connectivity index (χ1v) is 11.9. The second-order valence-corrected chi connectivity index (χ2v) is 8.95. The predicted molar refractivity (Wildman–Crippen MR) is 122 cm³/mol. The van der Waals surface area contributed by atoms with Crippen molar-refractivity contribution in [2.45, 2.75) is 30.2 Å². The molecule has 1 aromatic heterocycles. The monoisotopic (exact) mass is 450 g/mol. The van der Waals surface area contributed by atoms with Crippen LogP contribution < -0.4 is 0 Å². The first kappa shape index (κ1) is 21.2. The Morgan fingerprint density at radius 2 is 1.59 bits per heavy atom. The van der Waals surface area contributed by atoms with Gasteiger partial charge in [0.2, 0.25) is 5.91 Å². The summed E-state index contributed by atoms with van der Waals surface area (Å²) in [4.78, 5) is 14.8. The van der Waals surface area contributed by atoms with Gasteiger partial charge < -0.3 is 14.4 Å². The number of hydrogen-bond acceptors (Lipinski definition) is 6. The lowest BCUT2D eigenvalue weighted by atomic mass is 10.0. The van der Waals surface area contributed by atoms with E-state index in [1.54, 1.807) is 0 Å². The Kier molecular flexibility index (Phi) is 6.25. The second-order valence-electron chi connectivity index (χ2n) is 8.01. The molecule has 2 aliphatic heterocycles. The maximum Gasteiger partial charge on any atom is 0.233 e. The fourth-order valence-electron chi connectivity index (χ4n) is 4.22. The van der Waals surface area contributed by atoms with Crippen LogP contribution in [0.2, 0.25) is 0 Å². The molecule has 2 saturated heterocycles. The van der Waals surface area contributed by atoms with Crippen LogP contribution in [0.15, 0.2) is 65.8 Å². The Morgan fingerprint density at radius 1 is 0.938 bits per heavy atom. The molecule has 3 heterocycles. The summed E-state index contributed by atoms with van der Waals surface area (Å²) in [7, 11) is 0. The predicted octanol–water partition coefficient (Wildman–Crippen LogP) is 3.32. The molecule has 8 heteroatoms. The molecule has 0 atom stereocenters. The number of amides is 1. The molecule has 3 aromatic rings. The zero-order chi connectivity index (χ0) is 21.8. The summed E-state index contributed by atoms with van der Waals surface area (Å²) in [6.07, 6.45) is 2.13. The smallest absolute Gasteiger partial charge is 0.233 e. The quantitative estimate of drug-likeness (QED) is 0.537. The molecule has 0 aliphatic carbocycles. The topological polar surface area (TPSA) is 69.5 Å². The van der Waals surface area contributed by atoms with Gasteiger partial charge in [-0.25, -0.2) is 0 Å². The van der Waals surface area contributed by atoms with Crippen LogP contribution in [0.1, 0.15) is 24.2 Å². The molecule has 0 radical (unpaired) electrons. The van der Waals surface area contributed by atoms with Crippen LogP contribution in [-0.2, 0) is 20.7 Å². The van der Waals surface area contributed by atoms with Gasteiger partial charge in [0.25, 0.3) is 0 Å². The minimum atomic E-state index is -0.469. The van der Waals surface area contributed by atoms with E-state index in [2.05, 4.69) is 26.9 Å². The molecular formula is C24H26N4O3S. The van der Waals surface area contributed by atoms with Gasteiger partial charge in [-0.15, -0.1) is 10.2 Å². The van der Waals surface area contributed by atoms with Crippen molar-refractivity contribution >= 4 is 17.7 Å². The number of carbonyl (C=O) groups excluding carboxylic acids is 1. The minimum Gasteiger partial charge on any atom is -0.347 e. The standard InChI is InChI=1S/C24H26N4O3S/c29-22(27-13-11-24(12-14-27)30-15-16-31-24)18-32-23-26-25-21(17-19-7-3-1-4-8-19)28(23)20-9-5-2-6-10-20/h1-10H,11-18H2. The highest BCUT2D eigenvalue weighted by Gasteiger charge is 2.40. The molecule has 1 spiro atoms. The number of ether oxygens (including phenoxy) is 2. The molecule has 1 amide bonds. The summed E-state index contributed by atoms with van der Waals surface area (Å²) in [5.74, 6) is 0.817. The number of nitrogens with zero attached hydrogens (tertiary/aromatic N) is 4. The van der Waals surface area contributed by atoms with Crippen LogP contribution in [0.3, 0.4) is 0 Å². The van der Waals surface area contributed by atoms with E-state index < -0.39 is 5.79 Å². The number of carbonyl (C=O) groups is 1. The van der Waals surface area contributed by atoms with Gasteiger partial charge in [0, 0.05) is 38.0 Å². The van der Waals surface area contributed by atoms with Crippen LogP contribution in [0.5, 0.6) is 0 Å². The van der Waals surface area contributed by atoms with E-state index in [4.69, 9.17) is 9.47 Å². The number of aromatic nitrogens is 3. The van der Waals surface area contributed by atoms with Crippen molar-refractivity contribution in [1.29, 1.82) is 0 Å². The van der Waals surface area contributed by atoms with Gasteiger partial charge >= 0.3 is 0 Å². The van der Waals surface area contributed by atoms with E-state index in [1.807, 2.05) is 53.4 Å². The van der Waals surface area contributed by atoms with Crippen LogP contribution in [0.4, 0.5) is 0 Å². The Hall–Kier alpha value is -2.68. The average molecular weight is 451 g/mol. The van der Waals surface area contributed by atoms with Gasteiger partial charge in [-0.2, -0.15) is 0 Å². The van der Waals surface area contributed by atoms with E-state index in [0.717, 1.165) is 29.5 Å². The summed E-state index contributed by atoms with van der Waals surface area (Å²) < 4.78 is 13.6. The first-order valence-electron chi connectivity index (χ1n) is 10.9. The van der Waals surface area contributed by atoms with Gasteiger partial charge in [0.05, 0.1) is 19.0 Å². The zero-order valence-electron chi connectivity index (χ0n) is 17.9. The number of rotatable bonds is 6. The molecule has 166 valence electrons. The van der Waals surface area contributed by atoms with E-state index >= 15 is 0 Å². The van der Waals surface area contributed by atoms with Gasteiger partial charge in [-0.1, -0.05) is 60.3 Å². The number of hydrogen-bond donors (Lipinski definition) is 0. The molecule has 5 rings (SSSR count). The highest BCUT2D eigenvalue weighted by Crippen LogP contribution is 2.32. The van der Waals surface area contributed by atoms with Crippen molar-refractivity contribution < 1.29 is 14.3 Å². The van der Waals surface area contributed by atoms with Crippen molar-refractivity contribution in [3.05, 3.63) is 72.1 Å². The largest absolute Gasteiger partial charge is 0.347 e. The van der Waals surface area contributed by atoms with Crippen molar-refractivity contribution in [3.8, 4) is 5.69 Å². The highest BCUT2D eigenvalue weighted by molar-refractivity contribution is 7.99. The molecule has 0 N–H and O–H groups in total. The SMILES string of the molecule is O=C(CSc1nnc(Cc2ccccc2)n1-c1ccccc1)N1CCC2(CC1)OCCO2. The van der Waals surface area contributed by atoms with Crippen LogP contribution >= 0.6 is 11.8 Å². The maximum absolute atomic E-state index is 12.9. The van der Waals surface area contributed by atoms with Crippen molar-refractivity contribution in [3.63, 3.8) is 0 Å². The molecule has 2 aromatic carbocycles. The summed E-state index contributed by atoms with van der Waals surface area (Å²) in [5.41, 5.74) is 2.16. The highest BCUT2D eigenvalue weighted by atomic mass is 32.2. The second kappa shape index (κ2) is 9.44. The third-order valence-electron chi connectivity index (χ3n) is 5.94. The van der Waals surface area contributed by atoms with Crippen LogP contribution in [0.25, 0.3) is 5.69 Å². The lowest BCUT2D eigenvalue weighted by molar-refractivity contribution is -0.186. The summed E-state index contributed by atoms with van der Waals surface area (Å²) in [5, 5.41) is 9.62. The Morgan fingerprint density at radius 3 is 2.28 bits per heavy atom. The van der Waals surface area contributed by atoms with E-state index in [9.17, 15) is 4.79 Å². The molecule has 7 nitrogen and oxygen atoms in total. The molecular weight excluding hydrogens is 424 g/mol. The summed E-state index contributed by atoms with van der Waals surface area (Å²) in [6, 6.07) is 20.3. The number of para-hydroxylation sites is 1. The minimum absolute atomic E-state index is 0.107. The van der Waals surface area contributed by atoms with Crippen molar-refractivity contribution in [1.82, 2.24) is 19.7 Å². The Bertz CT molecular complexity index is 1040. The summed E-state index contributed by atoms with van der Waals surface area (Å²) in [6.45, 7) is 2.60. The maximum atomic E-state index is 12.9. The molecule has 2 aliphatic rings. The lowest BCUT2D eigenvalue weighted by Gasteiger charge is -2.37. The number of likely N-dealkylation sites (tertiary alicyclic amines) is 1. The Balaban J connectivity index is 1.28. The van der Waals surface area contributed by atoms with E-state index in [0.29, 0.717) is 38.5 Å². The third-order valence-corrected chi connectivity index (χ3v) is 6.85. The van der Waals surface area contributed by atoms with Gasteiger partial charge in [0.15, 0.2) is 10.9 Å². The van der Waals surface area contributed by atoms with Crippen molar-refractivity contribution in [2.24, 2.45) is 0 Å². The molecule has 0 bridgehead atoms. The number of piperidine rings is 1. The summed E-state index contributed by atoms with van der Waals surface area (Å²) >= 11 is 1.43. The van der Waals surface area contributed by atoms with Gasteiger partial charge in [-0.3, -0.25) is 9.36 Å². The molecule has 0 unspecified atom stereocenters. The normalized spacial score (nSPS) is 17.7. The number of thioether (sulfide) groups is 1. The fourth-order valence-corrected chi connectivity index (χ4v) is 5.10. The number of benzene rings is 2. The molecule has 0 saturated carbocycles. The third kappa shape index (κ3) is 4.57. The van der Waals surface area contributed by atoms with Crippen LogP contribution in [-0.4, -0.2) is 63.4 Å². The molecule has 32 heavy (non-hydrogen) atoms. The van der Waals surface area contributed by atoms with Gasteiger partial charge in [0.1, 0.15) is 5.82 Å². The van der Waals surface area contributed by atoms with Crippen LogP contribution in [0, 0.1) is 0 Å². The van der Waals surface area contributed by atoms with Gasteiger partial charge in [-0.05, 0) is 17.7 Å². The first-order chi connectivity index (χ1) is 15.7. The zero-order valence-corrected chi connectivity index (χ0v) is 18.7.